The van der Waals surface area contributed by atoms with Crippen LogP contribution in [0, 0.1) is 5.82 Å². The van der Waals surface area contributed by atoms with Gasteiger partial charge >= 0.3 is 5.97 Å². The number of halogens is 1. The van der Waals surface area contributed by atoms with E-state index in [9.17, 15) is 17.6 Å². The third-order valence-electron chi connectivity index (χ3n) is 3.21. The fraction of sp³-hybridized carbons (Fsp3) is 0.167. The minimum absolute atomic E-state index is 0.00802. The quantitative estimate of drug-likeness (QED) is 0.799. The zero-order valence-electron chi connectivity index (χ0n) is 10.3. The monoisotopic (exact) mass is 296 g/mol. The normalized spacial score (nSPS) is 15.5. The van der Waals surface area contributed by atoms with Gasteiger partial charge in [-0.15, -0.1) is 0 Å². The number of hydrogen-bond donors (Lipinski definition) is 1. The van der Waals surface area contributed by atoms with Gasteiger partial charge in [-0.2, -0.15) is 5.10 Å². The number of fused-ring (bicyclic) bond motifs is 3. The molecule has 1 N–H and O–H groups in total. The molecule has 0 fully saturated rings. The van der Waals surface area contributed by atoms with E-state index in [2.05, 4.69) is 5.10 Å². The number of aryl methyl sites for hydroxylation is 1. The highest BCUT2D eigenvalue weighted by molar-refractivity contribution is 7.90. The van der Waals surface area contributed by atoms with Crippen LogP contribution in [0.15, 0.2) is 23.1 Å². The lowest BCUT2D eigenvalue weighted by molar-refractivity contribution is 0.0689. The molecule has 0 unspecified atom stereocenters. The van der Waals surface area contributed by atoms with Crippen molar-refractivity contribution in [3.8, 4) is 11.3 Å². The summed E-state index contributed by atoms with van der Waals surface area (Å²) in [4.78, 5) is 11.1. The van der Waals surface area contributed by atoms with Crippen LogP contribution in [0.1, 0.15) is 16.1 Å². The van der Waals surface area contributed by atoms with Gasteiger partial charge in [-0.25, -0.2) is 17.6 Å². The Morgan fingerprint density at radius 2 is 2.15 bits per heavy atom. The molecule has 0 radical (unpaired) electrons. The van der Waals surface area contributed by atoms with Gasteiger partial charge in [0.1, 0.15) is 5.82 Å². The number of carboxylic acids is 1. The Bertz CT molecular complexity index is 855. The van der Waals surface area contributed by atoms with E-state index in [1.165, 1.54) is 17.8 Å². The topological polar surface area (TPSA) is 89.3 Å². The Labute approximate surface area is 113 Å². The van der Waals surface area contributed by atoms with E-state index >= 15 is 0 Å². The second kappa shape index (κ2) is 3.89. The molecule has 0 aliphatic carbocycles. The largest absolute Gasteiger partial charge is 0.476 e. The summed E-state index contributed by atoms with van der Waals surface area (Å²) in [5.74, 6) is -2.35. The highest BCUT2D eigenvalue weighted by Gasteiger charge is 2.35. The molecule has 3 rings (SSSR count). The molecule has 0 bridgehead atoms. The number of hydrogen-bond acceptors (Lipinski definition) is 4. The fourth-order valence-corrected chi connectivity index (χ4v) is 4.01. The van der Waals surface area contributed by atoms with Crippen molar-refractivity contribution in [2.45, 2.75) is 10.6 Å². The maximum Gasteiger partial charge on any atom is 0.356 e. The van der Waals surface area contributed by atoms with Crippen LogP contribution in [-0.4, -0.2) is 29.3 Å². The van der Waals surface area contributed by atoms with E-state index in [4.69, 9.17) is 5.11 Å². The summed E-state index contributed by atoms with van der Waals surface area (Å²) in [6, 6.07) is 3.34. The summed E-state index contributed by atoms with van der Waals surface area (Å²) >= 11 is 0. The minimum atomic E-state index is -3.70. The van der Waals surface area contributed by atoms with Gasteiger partial charge in [0.15, 0.2) is 15.5 Å². The molecule has 104 valence electrons. The number of nitrogens with zero attached hydrogens (tertiary/aromatic N) is 2. The van der Waals surface area contributed by atoms with E-state index in [-0.39, 0.29) is 21.7 Å². The fourth-order valence-electron chi connectivity index (χ4n) is 2.44. The van der Waals surface area contributed by atoms with Gasteiger partial charge in [-0.1, -0.05) is 0 Å². The zero-order chi connectivity index (χ0) is 14.7. The van der Waals surface area contributed by atoms with Gasteiger partial charge in [0.05, 0.1) is 16.3 Å². The zero-order valence-corrected chi connectivity index (χ0v) is 11.1. The third-order valence-corrected chi connectivity index (χ3v) is 4.91. The molecule has 20 heavy (non-hydrogen) atoms. The molecule has 2 heterocycles. The highest BCUT2D eigenvalue weighted by atomic mass is 32.2. The van der Waals surface area contributed by atoms with Crippen molar-refractivity contribution in [3.05, 3.63) is 35.3 Å². The maximum absolute atomic E-state index is 13.4. The summed E-state index contributed by atoms with van der Waals surface area (Å²) in [5.41, 5.74) is 0.250. The van der Waals surface area contributed by atoms with E-state index in [1.807, 2.05) is 0 Å². The lowest BCUT2D eigenvalue weighted by atomic mass is 10.1. The van der Waals surface area contributed by atoms with Crippen molar-refractivity contribution in [3.63, 3.8) is 0 Å². The number of carboxylic acid groups (broad SMARTS) is 1. The molecule has 0 saturated carbocycles. The molecule has 8 heteroatoms. The number of carbonyl (C=O) groups is 1. The summed E-state index contributed by atoms with van der Waals surface area (Å²) in [6.07, 6.45) is 0. The predicted octanol–water partition coefficient (Wildman–Crippen LogP) is 1.21. The van der Waals surface area contributed by atoms with Gasteiger partial charge in [-0.05, 0) is 18.2 Å². The standard InChI is InChI=1S/C12H9FN2O4S/c1-15-11-7-4-6(13)2-3-9(7)20(18,19)5-8(11)10(14-15)12(16)17/h2-4H,5H2,1H3,(H,16,17). The molecule has 6 nitrogen and oxygen atoms in total. The number of aromatic carboxylic acids is 1. The van der Waals surface area contributed by atoms with Crippen molar-refractivity contribution < 1.29 is 22.7 Å². The Hall–Kier alpha value is -2.22. The Morgan fingerprint density at radius 3 is 2.80 bits per heavy atom. The molecule has 0 spiro atoms. The average Bonchev–Trinajstić information content (AvgIpc) is 2.65. The van der Waals surface area contributed by atoms with Crippen LogP contribution in [0.3, 0.4) is 0 Å². The van der Waals surface area contributed by atoms with Crippen LogP contribution in [0.25, 0.3) is 11.3 Å². The molecular weight excluding hydrogens is 287 g/mol. The number of aromatic nitrogens is 2. The second-order valence-corrected chi connectivity index (χ2v) is 6.46. The van der Waals surface area contributed by atoms with Crippen LogP contribution in [0.2, 0.25) is 0 Å². The molecule has 1 aliphatic rings. The Morgan fingerprint density at radius 1 is 1.45 bits per heavy atom. The molecular formula is C12H9FN2O4S. The minimum Gasteiger partial charge on any atom is -0.476 e. The molecule has 1 aromatic carbocycles. The van der Waals surface area contributed by atoms with Crippen molar-refractivity contribution in [2.75, 3.05) is 0 Å². The van der Waals surface area contributed by atoms with E-state index in [0.29, 0.717) is 5.69 Å². The first kappa shape index (κ1) is 12.8. The summed E-state index contributed by atoms with van der Waals surface area (Å²) in [7, 11) is -2.20. The molecule has 0 amide bonds. The van der Waals surface area contributed by atoms with E-state index in [1.54, 1.807) is 0 Å². The molecule has 0 saturated heterocycles. The summed E-state index contributed by atoms with van der Waals surface area (Å²) in [5, 5.41) is 12.9. The van der Waals surface area contributed by atoms with Crippen molar-refractivity contribution >= 4 is 15.8 Å². The van der Waals surface area contributed by atoms with Gasteiger partial charge in [0.2, 0.25) is 0 Å². The van der Waals surface area contributed by atoms with Crippen LogP contribution >= 0.6 is 0 Å². The molecule has 1 aromatic heterocycles. The summed E-state index contributed by atoms with van der Waals surface area (Å²) < 4.78 is 39.0. The van der Waals surface area contributed by atoms with Crippen LogP contribution < -0.4 is 0 Å². The van der Waals surface area contributed by atoms with Gasteiger partial charge in [0.25, 0.3) is 0 Å². The smallest absolute Gasteiger partial charge is 0.356 e. The lowest BCUT2D eigenvalue weighted by Crippen LogP contribution is -2.15. The van der Waals surface area contributed by atoms with E-state index in [0.717, 1.165) is 12.1 Å². The Kier molecular flexibility index (Phi) is 2.49. The summed E-state index contributed by atoms with van der Waals surface area (Å²) in [6.45, 7) is 0. The van der Waals surface area contributed by atoms with Crippen LogP contribution in [0.4, 0.5) is 4.39 Å². The second-order valence-electron chi connectivity index (χ2n) is 4.50. The SMILES string of the molecule is Cn1nc(C(=O)O)c2c1-c1cc(F)ccc1S(=O)(=O)C2. The highest BCUT2D eigenvalue weighted by Crippen LogP contribution is 2.39. The van der Waals surface area contributed by atoms with Crippen molar-refractivity contribution in [1.82, 2.24) is 9.78 Å². The predicted molar refractivity (Wildman–Crippen MR) is 66.5 cm³/mol. The van der Waals surface area contributed by atoms with Gasteiger partial charge in [-0.3, -0.25) is 4.68 Å². The van der Waals surface area contributed by atoms with Gasteiger partial charge < -0.3 is 5.11 Å². The molecule has 2 aromatic rings. The first-order valence-electron chi connectivity index (χ1n) is 5.63. The molecule has 0 atom stereocenters. The van der Waals surface area contributed by atoms with E-state index < -0.39 is 27.4 Å². The van der Waals surface area contributed by atoms with Gasteiger partial charge in [0, 0.05) is 18.2 Å². The average molecular weight is 296 g/mol. The first-order valence-corrected chi connectivity index (χ1v) is 7.28. The van der Waals surface area contributed by atoms with Crippen molar-refractivity contribution in [2.24, 2.45) is 7.05 Å². The first-order chi connectivity index (χ1) is 9.31. The maximum atomic E-state index is 13.4. The van der Waals surface area contributed by atoms with Crippen LogP contribution in [-0.2, 0) is 22.6 Å². The number of rotatable bonds is 1. The van der Waals surface area contributed by atoms with Crippen molar-refractivity contribution in [1.29, 1.82) is 0 Å². The lowest BCUT2D eigenvalue weighted by Gasteiger charge is -2.17. The third kappa shape index (κ3) is 1.64. The Balaban J connectivity index is 2.44. The number of benzene rings is 1. The van der Waals surface area contributed by atoms with Crippen LogP contribution in [0.5, 0.6) is 0 Å². The molecule has 1 aliphatic heterocycles. The number of sulfone groups is 1.